The molecule has 12 bridgehead atoms. The number of anilines is 2. The van der Waals surface area contributed by atoms with E-state index in [1.165, 1.54) is 32.9 Å². The number of halogens is 2. The molecule has 55 heavy (non-hydrogen) atoms. The Hall–Kier alpha value is -3.28. The molecule has 1 amide bonds. The van der Waals surface area contributed by atoms with Crippen LogP contribution in [0.3, 0.4) is 0 Å². The number of carbonyl (C=O) groups is 1. The second kappa shape index (κ2) is 17.1. The monoisotopic (exact) mass is 848 g/mol. The lowest BCUT2D eigenvalue weighted by Gasteiger charge is -2.24. The summed E-state index contributed by atoms with van der Waals surface area (Å²) in [5.41, 5.74) is 0.414. The fraction of sp³-hybridized carbons (Fsp3) is 0.517. The number of rotatable bonds is 6. The normalized spacial score (nSPS) is 31.4. The van der Waals surface area contributed by atoms with Crippen LogP contribution < -0.4 is 15.5 Å². The number of amides is 1. The van der Waals surface area contributed by atoms with Gasteiger partial charge in [0, 0.05) is 25.8 Å². The number of hydrogen-bond donors (Lipinski definition) is 5. The van der Waals surface area contributed by atoms with Gasteiger partial charge >= 0.3 is 12.9 Å². The molecule has 4 aromatic heterocycles. The molecule has 0 saturated carbocycles. The fourth-order valence-electron chi connectivity index (χ4n) is 6.38. The number of imidazole rings is 1. The Morgan fingerprint density at radius 2 is 1.91 bits per heavy atom. The van der Waals surface area contributed by atoms with Crippen LogP contribution in [0, 0.1) is 0 Å². The topological polar surface area (TPSA) is 228 Å². The molecule has 0 radical (unpaired) electrons. The zero-order valence-corrected chi connectivity index (χ0v) is 32.4. The summed E-state index contributed by atoms with van der Waals surface area (Å²) >= 11 is 7.83. The van der Waals surface area contributed by atoms with Crippen LogP contribution in [0.5, 0.6) is 0 Å². The van der Waals surface area contributed by atoms with Gasteiger partial charge in [0.25, 0.3) is 0 Å². The summed E-state index contributed by atoms with van der Waals surface area (Å²) in [6, 6.07) is 1.64. The van der Waals surface area contributed by atoms with Crippen LogP contribution in [-0.4, -0.2) is 129 Å². The van der Waals surface area contributed by atoms with Crippen LogP contribution in [0.1, 0.15) is 12.5 Å². The Morgan fingerprint density at radius 1 is 1.13 bits per heavy atom. The van der Waals surface area contributed by atoms with E-state index in [1.807, 2.05) is 0 Å². The highest BCUT2D eigenvalue weighted by Crippen LogP contribution is 2.57. The van der Waals surface area contributed by atoms with Gasteiger partial charge in [-0.2, -0.15) is 0 Å². The van der Waals surface area contributed by atoms with E-state index in [-0.39, 0.29) is 42.3 Å². The molecule has 2 fully saturated rings. The molecule has 1 unspecified atom stereocenters. The average Bonchev–Trinajstić information content (AvgIpc) is 3.93. The third-order valence-electron chi connectivity index (χ3n) is 8.90. The van der Waals surface area contributed by atoms with E-state index in [9.17, 15) is 19.0 Å². The lowest BCUT2D eigenvalue weighted by molar-refractivity contribution is -0.0487. The predicted molar refractivity (Wildman–Crippen MR) is 198 cm³/mol. The fourth-order valence-corrected chi connectivity index (χ4v) is 8.74. The van der Waals surface area contributed by atoms with Crippen molar-refractivity contribution in [2.75, 3.05) is 56.7 Å². The second-order valence-corrected chi connectivity index (χ2v) is 17.0. The summed E-state index contributed by atoms with van der Waals surface area (Å²) in [5.74, 6) is 0.443. The quantitative estimate of drug-likeness (QED) is 0.0813. The van der Waals surface area contributed by atoms with Gasteiger partial charge in [-0.3, -0.25) is 23.1 Å². The van der Waals surface area contributed by atoms with Crippen molar-refractivity contribution in [3.63, 3.8) is 0 Å². The molecular formula is C29H36F2N10O10P2S2. The lowest BCUT2D eigenvalue weighted by Crippen LogP contribution is -2.34. The number of nitrogens with zero attached hydrogens (tertiary/aromatic N) is 8. The number of hydrogen-bond acceptors (Lipinski definition) is 17. The van der Waals surface area contributed by atoms with E-state index >= 15 is 8.78 Å². The molecule has 7 rings (SSSR count). The zero-order valence-electron chi connectivity index (χ0n) is 28.7. The van der Waals surface area contributed by atoms with E-state index in [4.69, 9.17) is 27.8 Å². The highest BCUT2D eigenvalue weighted by atomic mass is 32.7. The Balaban J connectivity index is 1.26. The van der Waals surface area contributed by atoms with Crippen LogP contribution in [0.25, 0.3) is 22.2 Å². The summed E-state index contributed by atoms with van der Waals surface area (Å²) in [5, 5.41) is 16.7. The molecular weight excluding hydrogens is 812 g/mol. The maximum atomic E-state index is 16.3. The van der Waals surface area contributed by atoms with Crippen molar-refractivity contribution in [1.29, 1.82) is 0 Å². The van der Waals surface area contributed by atoms with Crippen LogP contribution in [0.4, 0.5) is 25.2 Å². The van der Waals surface area contributed by atoms with Gasteiger partial charge in [-0.05, 0) is 13.1 Å². The molecule has 3 aliphatic heterocycles. The van der Waals surface area contributed by atoms with Crippen molar-refractivity contribution >= 4 is 78.5 Å². The minimum atomic E-state index is -4.53. The van der Waals surface area contributed by atoms with Crippen molar-refractivity contribution in [1.82, 2.24) is 39.4 Å². The van der Waals surface area contributed by atoms with E-state index in [1.54, 1.807) is 25.3 Å². The molecule has 26 heteroatoms. The number of aromatic nitrogens is 7. The Bertz CT molecular complexity index is 2120. The third kappa shape index (κ3) is 8.26. The zero-order chi connectivity index (χ0) is 38.9. The number of thiol groups is 2. The standard InChI is InChI=1S/C29H36F2N10O10P2S2/c1-32-6-9-46-29(43)40-7-3-2-5-33-23-15-4-8-39(24(15)35-12-34-23)27-18(30)21(50-52(44)54)17(49-27)11-47-53(45,55)51-22-16(10-42)48-28(19(22)31)41-14-38-20-25(40)36-13-37-26(20)41/h2-4,8,12-14,16-19,21-22,27-28,32,42,52H,5-7,9-11H2,1H3,(H,44,54)(H,45,55)(H,33,34,35)/b3-2+/t16-,17-,18-,19-,21-,22-,27-,28-,53-/m1/s1. The molecule has 10 atom stereocenters. The van der Waals surface area contributed by atoms with Crippen LogP contribution in [-0.2, 0) is 36.9 Å². The molecule has 2 saturated heterocycles. The lowest BCUT2D eigenvalue weighted by atomic mass is 10.1. The molecule has 298 valence electrons. The Morgan fingerprint density at radius 3 is 2.69 bits per heavy atom. The number of alkyl halides is 2. The predicted octanol–water partition coefficient (Wildman–Crippen LogP) is 3.02. The maximum Gasteiger partial charge on any atom is 0.415 e. The summed E-state index contributed by atoms with van der Waals surface area (Å²) in [6.07, 6.45) is -5.09. The van der Waals surface area contributed by atoms with Crippen molar-refractivity contribution < 1.29 is 55.6 Å². The first-order valence-electron chi connectivity index (χ1n) is 16.7. The van der Waals surface area contributed by atoms with Crippen LogP contribution in [0.2, 0.25) is 0 Å². The summed E-state index contributed by atoms with van der Waals surface area (Å²) < 4.78 is 94.1. The highest BCUT2D eigenvalue weighted by Gasteiger charge is 2.52. The number of fused-ring (bicyclic) bond motifs is 6. The number of aliphatic hydroxyl groups excluding tert-OH is 1. The van der Waals surface area contributed by atoms with Gasteiger partial charge < -0.3 is 39.0 Å². The molecule has 0 aliphatic carbocycles. The maximum absolute atomic E-state index is 16.3. The molecule has 3 N–H and O–H groups in total. The highest BCUT2D eigenvalue weighted by molar-refractivity contribution is 8.44. The minimum absolute atomic E-state index is 0.0418. The molecule has 3 aliphatic rings. The van der Waals surface area contributed by atoms with E-state index < -0.39 is 82.5 Å². The molecule has 0 spiro atoms. The molecule has 7 heterocycles. The smallest absolute Gasteiger partial charge is 0.415 e. The van der Waals surface area contributed by atoms with Crippen LogP contribution in [0.15, 0.2) is 43.4 Å². The number of aliphatic hydroxyl groups is 1. The first kappa shape index (κ1) is 39.9. The van der Waals surface area contributed by atoms with Crippen molar-refractivity contribution in [3.8, 4) is 0 Å². The van der Waals surface area contributed by atoms with Gasteiger partial charge in [0.2, 0.25) is 7.23 Å². The average molecular weight is 849 g/mol. The van der Waals surface area contributed by atoms with Gasteiger partial charge in [0.1, 0.15) is 55.1 Å². The molecule has 20 nitrogen and oxygen atoms in total. The number of likely N-dealkylation sites (N-methyl/N-ethyl adjacent to an activating group) is 1. The van der Waals surface area contributed by atoms with Crippen molar-refractivity contribution in [2.24, 2.45) is 0 Å². The van der Waals surface area contributed by atoms with E-state index in [2.05, 4.69) is 60.1 Å². The number of ether oxygens (including phenoxy) is 3. The molecule has 4 aromatic rings. The largest absolute Gasteiger partial charge is 0.448 e. The Labute approximate surface area is 322 Å². The minimum Gasteiger partial charge on any atom is -0.448 e. The number of nitrogens with one attached hydrogen (secondary N) is 2. The van der Waals surface area contributed by atoms with E-state index in [0.29, 0.717) is 17.7 Å². The van der Waals surface area contributed by atoms with Gasteiger partial charge in [-0.15, -0.1) is 0 Å². The van der Waals surface area contributed by atoms with Crippen LogP contribution >= 0.6 is 38.5 Å². The number of carbonyl (C=O) groups excluding carboxylic acids is 1. The Kier molecular flexibility index (Phi) is 12.4. The van der Waals surface area contributed by atoms with Gasteiger partial charge in [-0.1, -0.05) is 36.6 Å². The van der Waals surface area contributed by atoms with Crippen molar-refractivity contribution in [3.05, 3.63) is 43.4 Å². The first-order valence-corrected chi connectivity index (χ1v) is 22.0. The summed E-state index contributed by atoms with van der Waals surface area (Å²) in [6.45, 7) is -5.36. The first-order chi connectivity index (χ1) is 26.5. The summed E-state index contributed by atoms with van der Waals surface area (Å²) in [4.78, 5) is 36.1. The van der Waals surface area contributed by atoms with Crippen molar-refractivity contribution in [2.45, 2.75) is 49.2 Å². The SMILES string of the molecule is CNCCOC(=O)N1C/C=C/CNc2ncnc3c2ccn3[C@@H]2O[C@H](CO[P@@](=O)(S)O[C@H]3[C@@H](F)[C@@H](O[C@@H]3CO)n3cnc4c1ncnc43)[C@@H](O[PH](=O)S)[C@H]2F. The van der Waals surface area contributed by atoms with Gasteiger partial charge in [0.05, 0.1) is 24.9 Å². The second-order valence-electron chi connectivity index (χ2n) is 12.3. The third-order valence-corrected chi connectivity index (χ3v) is 11.3. The summed E-state index contributed by atoms with van der Waals surface area (Å²) in [7, 11) is -1.32. The van der Waals surface area contributed by atoms with Gasteiger partial charge in [-0.25, -0.2) is 43.1 Å². The van der Waals surface area contributed by atoms with E-state index in [0.717, 1.165) is 6.33 Å². The molecule has 0 aromatic carbocycles. The van der Waals surface area contributed by atoms with Gasteiger partial charge in [0.15, 0.2) is 41.8 Å².